The van der Waals surface area contributed by atoms with Gasteiger partial charge in [0.1, 0.15) is 0 Å². The maximum Gasteiger partial charge on any atom is 0.0629 e. The van der Waals surface area contributed by atoms with Crippen molar-refractivity contribution in [3.05, 3.63) is 52.3 Å². The van der Waals surface area contributed by atoms with Crippen LogP contribution in [-0.4, -0.2) is 21.0 Å². The van der Waals surface area contributed by atoms with Crippen LogP contribution in [0.15, 0.2) is 24.3 Å². The zero-order valence-corrected chi connectivity index (χ0v) is 12.1. The topological polar surface area (TPSA) is 38.1 Å². The van der Waals surface area contributed by atoms with Crippen LogP contribution in [-0.2, 0) is 19.9 Å². The Bertz CT molecular complexity index is 572. The third-order valence-corrected chi connectivity index (χ3v) is 3.82. The van der Waals surface area contributed by atoms with Gasteiger partial charge in [-0.3, -0.25) is 4.68 Å². The summed E-state index contributed by atoms with van der Waals surface area (Å²) in [4.78, 5) is 0. The number of rotatable bonds is 4. The van der Waals surface area contributed by atoms with E-state index in [2.05, 4.69) is 31.1 Å². The highest BCUT2D eigenvalue weighted by molar-refractivity contribution is 5.28. The van der Waals surface area contributed by atoms with Crippen LogP contribution in [0.1, 0.15) is 28.1 Å². The van der Waals surface area contributed by atoms with Gasteiger partial charge in [0.2, 0.25) is 0 Å². The lowest BCUT2D eigenvalue weighted by atomic mass is 9.97. The van der Waals surface area contributed by atoms with Crippen LogP contribution in [0.5, 0.6) is 0 Å². The minimum absolute atomic E-state index is 0.359. The van der Waals surface area contributed by atoms with Crippen LogP contribution in [0.2, 0.25) is 0 Å². The first-order valence-corrected chi connectivity index (χ1v) is 6.70. The van der Waals surface area contributed by atoms with E-state index < -0.39 is 0 Å². The van der Waals surface area contributed by atoms with E-state index in [9.17, 15) is 5.11 Å². The van der Waals surface area contributed by atoms with Crippen molar-refractivity contribution in [2.75, 3.05) is 0 Å². The summed E-state index contributed by atoms with van der Waals surface area (Å²) in [6.07, 6.45) is 1.00. The lowest BCUT2D eigenvalue weighted by molar-refractivity contribution is 0.175. The molecule has 1 N–H and O–H groups in total. The molecule has 0 saturated heterocycles. The highest BCUT2D eigenvalue weighted by Crippen LogP contribution is 2.17. The van der Waals surface area contributed by atoms with Crippen LogP contribution in [0.3, 0.4) is 0 Å². The smallest absolute Gasteiger partial charge is 0.0629 e. The predicted molar refractivity (Wildman–Crippen MR) is 77.3 cm³/mol. The standard InChI is InChI=1S/C16H22N2O/c1-11-7-5-6-8-14(11)9-15(19)10-16-12(2)17-18(4)13(16)3/h5-8,15,19H,9-10H2,1-4H3. The molecule has 102 valence electrons. The normalized spacial score (nSPS) is 12.7. The summed E-state index contributed by atoms with van der Waals surface area (Å²) < 4.78 is 1.88. The zero-order valence-electron chi connectivity index (χ0n) is 12.1. The number of aryl methyl sites for hydroxylation is 3. The Morgan fingerprint density at radius 3 is 2.42 bits per heavy atom. The first kappa shape index (κ1) is 13.8. The molecule has 0 bridgehead atoms. The minimum atomic E-state index is -0.359. The van der Waals surface area contributed by atoms with Gasteiger partial charge in [-0.05, 0) is 43.9 Å². The molecule has 0 radical (unpaired) electrons. The fraction of sp³-hybridized carbons (Fsp3) is 0.438. The van der Waals surface area contributed by atoms with E-state index in [1.54, 1.807) is 0 Å². The van der Waals surface area contributed by atoms with Gasteiger partial charge in [0.05, 0.1) is 11.8 Å². The summed E-state index contributed by atoms with van der Waals surface area (Å²) in [6.45, 7) is 6.14. The van der Waals surface area contributed by atoms with Gasteiger partial charge in [-0.15, -0.1) is 0 Å². The van der Waals surface area contributed by atoms with Gasteiger partial charge < -0.3 is 5.11 Å². The van der Waals surface area contributed by atoms with E-state index in [1.165, 1.54) is 16.7 Å². The summed E-state index contributed by atoms with van der Waals surface area (Å²) in [5.41, 5.74) is 5.78. The second-order valence-corrected chi connectivity index (χ2v) is 5.26. The molecule has 0 aliphatic carbocycles. The summed E-state index contributed by atoms with van der Waals surface area (Å²) in [7, 11) is 1.94. The van der Waals surface area contributed by atoms with E-state index in [0.29, 0.717) is 12.8 Å². The van der Waals surface area contributed by atoms with E-state index in [0.717, 1.165) is 11.4 Å². The van der Waals surface area contributed by atoms with Crippen LogP contribution in [0.25, 0.3) is 0 Å². The van der Waals surface area contributed by atoms with Crippen molar-refractivity contribution in [2.45, 2.75) is 39.7 Å². The molecule has 1 aromatic carbocycles. The molecule has 3 heteroatoms. The minimum Gasteiger partial charge on any atom is -0.392 e. The van der Waals surface area contributed by atoms with Gasteiger partial charge in [-0.1, -0.05) is 24.3 Å². The van der Waals surface area contributed by atoms with Gasteiger partial charge in [0.15, 0.2) is 0 Å². The number of hydrogen-bond acceptors (Lipinski definition) is 2. The SMILES string of the molecule is Cc1ccccc1CC(O)Cc1c(C)nn(C)c1C. The van der Waals surface area contributed by atoms with Crippen LogP contribution in [0, 0.1) is 20.8 Å². The highest BCUT2D eigenvalue weighted by Gasteiger charge is 2.15. The van der Waals surface area contributed by atoms with Gasteiger partial charge in [0, 0.05) is 19.2 Å². The number of aliphatic hydroxyl groups excluding tert-OH is 1. The molecule has 0 aliphatic rings. The average molecular weight is 258 g/mol. The van der Waals surface area contributed by atoms with E-state index in [4.69, 9.17) is 0 Å². The van der Waals surface area contributed by atoms with E-state index >= 15 is 0 Å². The molecule has 2 rings (SSSR count). The second-order valence-electron chi connectivity index (χ2n) is 5.26. The monoisotopic (exact) mass is 258 g/mol. The molecule has 1 unspecified atom stereocenters. The third kappa shape index (κ3) is 3.04. The predicted octanol–water partition coefficient (Wildman–Crippen LogP) is 2.49. The van der Waals surface area contributed by atoms with Crippen molar-refractivity contribution >= 4 is 0 Å². The number of benzene rings is 1. The second kappa shape index (κ2) is 5.57. The maximum atomic E-state index is 10.3. The highest BCUT2D eigenvalue weighted by atomic mass is 16.3. The van der Waals surface area contributed by atoms with Crippen LogP contribution in [0.4, 0.5) is 0 Å². The molecular weight excluding hydrogens is 236 g/mol. The van der Waals surface area contributed by atoms with E-state index in [1.807, 2.05) is 30.8 Å². The Morgan fingerprint density at radius 2 is 1.84 bits per heavy atom. The lowest BCUT2D eigenvalue weighted by Gasteiger charge is -2.13. The largest absolute Gasteiger partial charge is 0.392 e. The molecule has 3 nitrogen and oxygen atoms in total. The molecule has 1 aromatic heterocycles. The van der Waals surface area contributed by atoms with Crippen LogP contribution >= 0.6 is 0 Å². The number of nitrogens with zero attached hydrogens (tertiary/aromatic N) is 2. The Balaban J connectivity index is 2.10. The number of aliphatic hydroxyl groups is 1. The molecule has 0 amide bonds. The van der Waals surface area contributed by atoms with Gasteiger partial charge in [0.25, 0.3) is 0 Å². The molecule has 1 heterocycles. The Labute approximate surface area is 114 Å². The molecular formula is C16H22N2O. The molecule has 0 aliphatic heterocycles. The van der Waals surface area contributed by atoms with Crippen molar-refractivity contribution in [1.29, 1.82) is 0 Å². The first-order valence-electron chi connectivity index (χ1n) is 6.70. The first-order chi connectivity index (χ1) is 8.99. The lowest BCUT2D eigenvalue weighted by Crippen LogP contribution is -2.15. The van der Waals surface area contributed by atoms with Crippen molar-refractivity contribution in [1.82, 2.24) is 9.78 Å². The van der Waals surface area contributed by atoms with Crippen molar-refractivity contribution in [3.8, 4) is 0 Å². The Morgan fingerprint density at radius 1 is 1.16 bits per heavy atom. The number of aromatic nitrogens is 2. The molecule has 1 atom stereocenters. The number of hydrogen-bond donors (Lipinski definition) is 1. The Kier molecular flexibility index (Phi) is 4.05. The molecule has 0 saturated carbocycles. The summed E-state index contributed by atoms with van der Waals surface area (Å²) in [5.74, 6) is 0. The summed E-state index contributed by atoms with van der Waals surface area (Å²) >= 11 is 0. The summed E-state index contributed by atoms with van der Waals surface area (Å²) in [5, 5.41) is 14.7. The Hall–Kier alpha value is -1.61. The fourth-order valence-electron chi connectivity index (χ4n) is 2.51. The fourth-order valence-corrected chi connectivity index (χ4v) is 2.51. The van der Waals surface area contributed by atoms with Crippen molar-refractivity contribution < 1.29 is 5.11 Å². The molecule has 0 fully saturated rings. The molecule has 0 spiro atoms. The maximum absolute atomic E-state index is 10.3. The van der Waals surface area contributed by atoms with Crippen LogP contribution < -0.4 is 0 Å². The third-order valence-electron chi connectivity index (χ3n) is 3.82. The zero-order chi connectivity index (χ0) is 14.0. The molecule has 2 aromatic rings. The molecule has 19 heavy (non-hydrogen) atoms. The summed E-state index contributed by atoms with van der Waals surface area (Å²) in [6, 6.07) is 8.22. The van der Waals surface area contributed by atoms with Crippen molar-refractivity contribution in [2.24, 2.45) is 7.05 Å². The quantitative estimate of drug-likeness (QED) is 0.915. The van der Waals surface area contributed by atoms with Gasteiger partial charge in [-0.2, -0.15) is 5.10 Å². The van der Waals surface area contributed by atoms with Gasteiger partial charge >= 0.3 is 0 Å². The van der Waals surface area contributed by atoms with Gasteiger partial charge in [-0.25, -0.2) is 0 Å². The average Bonchev–Trinajstić information content (AvgIpc) is 2.59. The van der Waals surface area contributed by atoms with E-state index in [-0.39, 0.29) is 6.10 Å². The van der Waals surface area contributed by atoms with Crippen molar-refractivity contribution in [3.63, 3.8) is 0 Å².